The molecule has 0 amide bonds. The Labute approximate surface area is 86.5 Å². The van der Waals surface area contributed by atoms with Crippen LogP contribution in [0.15, 0.2) is 18.2 Å². The number of halogens is 3. The molecule has 0 aliphatic heterocycles. The molecule has 0 bridgehead atoms. The summed E-state index contributed by atoms with van der Waals surface area (Å²) in [6, 6.07) is 3.61. The predicted octanol–water partition coefficient (Wildman–Crippen LogP) is 3.54. The summed E-state index contributed by atoms with van der Waals surface area (Å²) in [5.41, 5.74) is 0.0645. The largest absolute Gasteiger partial charge is 0.416 e. The zero-order valence-electron chi connectivity index (χ0n) is 8.30. The summed E-state index contributed by atoms with van der Waals surface area (Å²) in [6.07, 6.45) is -3.02. The standard InChI is InChI=1S/C11H12F3O/c1-2-3-8-4-9(7-15)6-10(5-8)11(12,13)14/h4-7,15H,2-3H2,1H3. The monoisotopic (exact) mass is 217 g/mol. The zero-order valence-corrected chi connectivity index (χ0v) is 8.30. The lowest BCUT2D eigenvalue weighted by atomic mass is 10.0. The minimum atomic E-state index is -4.36. The van der Waals surface area contributed by atoms with Crippen molar-refractivity contribution in [2.45, 2.75) is 25.9 Å². The van der Waals surface area contributed by atoms with Crippen molar-refractivity contribution in [2.24, 2.45) is 0 Å². The van der Waals surface area contributed by atoms with Gasteiger partial charge in [-0.15, -0.1) is 0 Å². The highest BCUT2D eigenvalue weighted by Crippen LogP contribution is 2.31. The predicted molar refractivity (Wildman–Crippen MR) is 50.8 cm³/mol. The van der Waals surface area contributed by atoms with Gasteiger partial charge in [0.05, 0.1) is 5.56 Å². The lowest BCUT2D eigenvalue weighted by Gasteiger charge is -2.10. The first-order chi connectivity index (χ1) is 6.97. The van der Waals surface area contributed by atoms with Crippen LogP contribution in [0.1, 0.15) is 30.0 Å². The van der Waals surface area contributed by atoms with E-state index in [0.29, 0.717) is 18.6 Å². The molecule has 0 fully saturated rings. The van der Waals surface area contributed by atoms with Crippen molar-refractivity contribution in [2.75, 3.05) is 0 Å². The lowest BCUT2D eigenvalue weighted by Crippen LogP contribution is -2.06. The molecule has 1 aromatic rings. The molecule has 0 unspecified atom stereocenters. The van der Waals surface area contributed by atoms with Crippen LogP contribution in [0.25, 0.3) is 0 Å². The van der Waals surface area contributed by atoms with Gasteiger partial charge in [0.2, 0.25) is 0 Å². The molecule has 1 rings (SSSR count). The van der Waals surface area contributed by atoms with Crippen molar-refractivity contribution in [3.05, 3.63) is 41.5 Å². The lowest BCUT2D eigenvalue weighted by molar-refractivity contribution is -0.137. The van der Waals surface area contributed by atoms with Crippen molar-refractivity contribution in [1.82, 2.24) is 0 Å². The number of aryl methyl sites for hydroxylation is 1. The van der Waals surface area contributed by atoms with E-state index in [1.54, 1.807) is 6.07 Å². The maximum atomic E-state index is 12.4. The fourth-order valence-corrected chi connectivity index (χ4v) is 1.39. The minimum Gasteiger partial charge on any atom is -0.385 e. The second-order valence-corrected chi connectivity index (χ2v) is 3.34. The van der Waals surface area contributed by atoms with Gasteiger partial charge in [0, 0.05) is 0 Å². The van der Waals surface area contributed by atoms with E-state index in [2.05, 4.69) is 0 Å². The van der Waals surface area contributed by atoms with Gasteiger partial charge in [-0.2, -0.15) is 13.2 Å². The van der Waals surface area contributed by atoms with Gasteiger partial charge in [0.1, 0.15) is 6.61 Å². The summed E-state index contributed by atoms with van der Waals surface area (Å²) in [5.74, 6) is 0. The summed E-state index contributed by atoms with van der Waals surface area (Å²) >= 11 is 0. The fourth-order valence-electron chi connectivity index (χ4n) is 1.39. The Morgan fingerprint density at radius 3 is 2.40 bits per heavy atom. The molecule has 0 aromatic heterocycles. The molecular weight excluding hydrogens is 205 g/mol. The van der Waals surface area contributed by atoms with Crippen LogP contribution >= 0.6 is 0 Å². The Hall–Kier alpha value is -1.03. The van der Waals surface area contributed by atoms with E-state index < -0.39 is 11.7 Å². The molecule has 1 N–H and O–H groups in total. The van der Waals surface area contributed by atoms with Crippen LogP contribution in [0.3, 0.4) is 0 Å². The summed E-state index contributed by atoms with van der Waals surface area (Å²) < 4.78 is 37.3. The van der Waals surface area contributed by atoms with E-state index in [0.717, 1.165) is 18.6 Å². The highest BCUT2D eigenvalue weighted by atomic mass is 19.4. The van der Waals surface area contributed by atoms with Crippen LogP contribution in [-0.4, -0.2) is 5.11 Å². The van der Waals surface area contributed by atoms with Gasteiger partial charge in [-0.25, -0.2) is 0 Å². The smallest absolute Gasteiger partial charge is 0.385 e. The van der Waals surface area contributed by atoms with E-state index in [1.807, 2.05) is 6.92 Å². The van der Waals surface area contributed by atoms with Gasteiger partial charge in [-0.3, -0.25) is 0 Å². The molecule has 0 saturated heterocycles. The Kier molecular flexibility index (Phi) is 3.74. The zero-order chi connectivity index (χ0) is 11.5. The first kappa shape index (κ1) is 12.0. The molecule has 4 heteroatoms. The molecule has 0 aliphatic carbocycles. The topological polar surface area (TPSA) is 20.2 Å². The summed E-state index contributed by atoms with van der Waals surface area (Å²) in [5, 5.41) is 8.73. The number of benzene rings is 1. The van der Waals surface area contributed by atoms with Crippen LogP contribution in [0.2, 0.25) is 0 Å². The quantitative estimate of drug-likeness (QED) is 0.821. The molecule has 0 saturated carbocycles. The van der Waals surface area contributed by atoms with Gasteiger partial charge in [-0.05, 0) is 29.7 Å². The summed E-state index contributed by atoms with van der Waals surface area (Å²) in [6.45, 7) is 2.58. The van der Waals surface area contributed by atoms with Gasteiger partial charge >= 0.3 is 6.18 Å². The van der Waals surface area contributed by atoms with Gasteiger partial charge in [0.25, 0.3) is 0 Å². The maximum Gasteiger partial charge on any atom is 0.416 e. The van der Waals surface area contributed by atoms with E-state index >= 15 is 0 Å². The summed E-state index contributed by atoms with van der Waals surface area (Å²) in [4.78, 5) is 0. The van der Waals surface area contributed by atoms with Crippen molar-refractivity contribution in [1.29, 1.82) is 0 Å². The second-order valence-electron chi connectivity index (χ2n) is 3.34. The Bertz CT molecular complexity index is 331. The van der Waals surface area contributed by atoms with Crippen molar-refractivity contribution in [3.8, 4) is 0 Å². The maximum absolute atomic E-state index is 12.4. The van der Waals surface area contributed by atoms with Crippen LogP contribution in [0.4, 0.5) is 13.2 Å². The fraction of sp³-hybridized carbons (Fsp3) is 0.364. The number of rotatable bonds is 3. The molecule has 0 spiro atoms. The molecule has 1 nitrogen and oxygen atoms in total. The third kappa shape index (κ3) is 3.23. The van der Waals surface area contributed by atoms with E-state index in [9.17, 15) is 13.2 Å². The van der Waals surface area contributed by atoms with Crippen LogP contribution in [-0.2, 0) is 12.6 Å². The number of alkyl halides is 3. The average molecular weight is 217 g/mol. The molecular formula is C11H12F3O. The van der Waals surface area contributed by atoms with E-state index in [-0.39, 0.29) is 5.56 Å². The molecule has 0 atom stereocenters. The van der Waals surface area contributed by atoms with Gasteiger partial charge in [0.15, 0.2) is 0 Å². The molecule has 0 heterocycles. The number of aliphatic hydroxyl groups excluding tert-OH is 1. The SMILES string of the molecule is CCCc1cc([CH]O)cc(C(F)(F)F)c1. The Morgan fingerprint density at radius 1 is 1.27 bits per heavy atom. The normalized spacial score (nSPS) is 11.8. The van der Waals surface area contributed by atoms with Gasteiger partial charge in [-0.1, -0.05) is 19.4 Å². The highest BCUT2D eigenvalue weighted by molar-refractivity contribution is 5.34. The number of hydrogen-bond donors (Lipinski definition) is 1. The number of hydrogen-bond acceptors (Lipinski definition) is 1. The molecule has 1 aromatic carbocycles. The summed E-state index contributed by atoms with van der Waals surface area (Å²) in [7, 11) is 0. The van der Waals surface area contributed by atoms with Crippen molar-refractivity contribution < 1.29 is 18.3 Å². The Morgan fingerprint density at radius 2 is 1.93 bits per heavy atom. The van der Waals surface area contributed by atoms with E-state index in [4.69, 9.17) is 5.11 Å². The molecule has 83 valence electrons. The first-order valence-electron chi connectivity index (χ1n) is 4.66. The first-order valence-corrected chi connectivity index (χ1v) is 4.66. The average Bonchev–Trinajstić information content (AvgIpc) is 2.16. The minimum absolute atomic E-state index is 0.188. The Balaban J connectivity index is 3.11. The second kappa shape index (κ2) is 4.66. The van der Waals surface area contributed by atoms with Crippen LogP contribution < -0.4 is 0 Å². The van der Waals surface area contributed by atoms with Gasteiger partial charge < -0.3 is 5.11 Å². The third-order valence-electron chi connectivity index (χ3n) is 2.03. The van der Waals surface area contributed by atoms with Crippen molar-refractivity contribution >= 4 is 0 Å². The molecule has 15 heavy (non-hydrogen) atoms. The molecule has 1 radical (unpaired) electrons. The highest BCUT2D eigenvalue weighted by Gasteiger charge is 2.30. The third-order valence-corrected chi connectivity index (χ3v) is 2.03. The van der Waals surface area contributed by atoms with Crippen molar-refractivity contribution in [3.63, 3.8) is 0 Å². The molecule has 0 aliphatic rings. The van der Waals surface area contributed by atoms with Crippen LogP contribution in [0, 0.1) is 6.61 Å². The van der Waals surface area contributed by atoms with E-state index in [1.165, 1.54) is 0 Å². The van der Waals surface area contributed by atoms with Crippen LogP contribution in [0.5, 0.6) is 0 Å². The number of aliphatic hydroxyl groups is 1.